The van der Waals surface area contributed by atoms with Gasteiger partial charge in [0, 0.05) is 6.20 Å². The van der Waals surface area contributed by atoms with Gasteiger partial charge >= 0.3 is 0 Å². The van der Waals surface area contributed by atoms with Crippen LogP contribution in [-0.4, -0.2) is 4.98 Å². The van der Waals surface area contributed by atoms with Gasteiger partial charge in [-0.15, -0.1) is 0 Å². The van der Waals surface area contributed by atoms with E-state index in [1.165, 1.54) is 0 Å². The van der Waals surface area contributed by atoms with Crippen molar-refractivity contribution in [3.8, 4) is 0 Å². The molecule has 0 saturated heterocycles. The lowest BCUT2D eigenvalue weighted by atomic mass is 10.2. The molecule has 1 aromatic heterocycles. The highest BCUT2D eigenvalue weighted by atomic mass is 14.9. The first-order valence-electron chi connectivity index (χ1n) is 5.79. The molecule has 2 rings (SSSR count). The third kappa shape index (κ3) is 3.79. The van der Waals surface area contributed by atoms with Crippen LogP contribution in [0.4, 0.5) is 17.1 Å². The fourth-order valence-corrected chi connectivity index (χ4v) is 1.39. The van der Waals surface area contributed by atoms with Crippen LogP contribution in [0.1, 0.15) is 19.4 Å². The topological polar surface area (TPSA) is 50.9 Å². The molecule has 0 aliphatic rings. The molecule has 1 heterocycles. The monoisotopic (exact) mass is 229 g/mol. The molecule has 90 valence electrons. The maximum absolute atomic E-state index is 5.82. The second-order valence-corrected chi connectivity index (χ2v) is 3.46. The third-order valence-corrected chi connectivity index (χ3v) is 2.11. The minimum Gasteiger partial charge on any atom is -0.397 e. The van der Waals surface area contributed by atoms with Gasteiger partial charge in [-0.25, -0.2) is 0 Å². The van der Waals surface area contributed by atoms with Crippen LogP contribution in [-0.2, 0) is 0 Å². The number of nitrogens with two attached hydrogens (primary N) is 1. The molecule has 0 bridgehead atoms. The number of hydrogen-bond acceptors (Lipinski definition) is 3. The van der Waals surface area contributed by atoms with E-state index in [4.69, 9.17) is 5.73 Å². The van der Waals surface area contributed by atoms with Gasteiger partial charge in [-0.2, -0.15) is 0 Å². The smallest absolute Gasteiger partial charge is 0.0618 e. The van der Waals surface area contributed by atoms with Crippen molar-refractivity contribution in [2.75, 3.05) is 11.1 Å². The van der Waals surface area contributed by atoms with Gasteiger partial charge in [0.1, 0.15) is 0 Å². The summed E-state index contributed by atoms with van der Waals surface area (Å²) in [5.74, 6) is 0. The Kier molecular flexibility index (Phi) is 5.01. The third-order valence-electron chi connectivity index (χ3n) is 2.11. The summed E-state index contributed by atoms with van der Waals surface area (Å²) in [7, 11) is 0. The lowest BCUT2D eigenvalue weighted by molar-refractivity contribution is 1.26. The molecule has 3 heteroatoms. The summed E-state index contributed by atoms with van der Waals surface area (Å²) in [6, 6.07) is 9.69. The van der Waals surface area contributed by atoms with E-state index in [2.05, 4.69) is 10.3 Å². The van der Waals surface area contributed by atoms with Gasteiger partial charge < -0.3 is 11.1 Å². The van der Waals surface area contributed by atoms with Crippen molar-refractivity contribution in [2.45, 2.75) is 20.8 Å². The van der Waals surface area contributed by atoms with Gasteiger partial charge in [0.15, 0.2) is 0 Å². The number of anilines is 3. The lowest BCUT2D eigenvalue weighted by Crippen LogP contribution is -1.96. The van der Waals surface area contributed by atoms with Crippen molar-refractivity contribution in [1.82, 2.24) is 4.98 Å². The van der Waals surface area contributed by atoms with Gasteiger partial charge in [0.2, 0.25) is 0 Å². The molecular formula is C14H19N3. The lowest BCUT2D eigenvalue weighted by Gasteiger charge is -2.08. The Morgan fingerprint density at radius 3 is 2.47 bits per heavy atom. The van der Waals surface area contributed by atoms with Crippen molar-refractivity contribution in [2.24, 2.45) is 0 Å². The van der Waals surface area contributed by atoms with E-state index in [9.17, 15) is 0 Å². The minimum absolute atomic E-state index is 0.735. The molecule has 17 heavy (non-hydrogen) atoms. The number of nitrogens with one attached hydrogen (secondary N) is 1. The molecule has 1 aromatic carbocycles. The van der Waals surface area contributed by atoms with E-state index in [0.717, 1.165) is 22.6 Å². The zero-order chi connectivity index (χ0) is 12.7. The molecule has 0 aliphatic carbocycles. The van der Waals surface area contributed by atoms with E-state index >= 15 is 0 Å². The molecule has 3 N–H and O–H groups in total. The van der Waals surface area contributed by atoms with E-state index in [0.29, 0.717) is 0 Å². The van der Waals surface area contributed by atoms with Crippen LogP contribution in [0, 0.1) is 6.92 Å². The molecule has 0 fully saturated rings. The Labute approximate surface area is 103 Å². The van der Waals surface area contributed by atoms with Crippen LogP contribution >= 0.6 is 0 Å². The first kappa shape index (κ1) is 13.0. The minimum atomic E-state index is 0.735. The largest absolute Gasteiger partial charge is 0.397 e. The number of aromatic nitrogens is 1. The number of hydrogen-bond donors (Lipinski definition) is 2. The van der Waals surface area contributed by atoms with Crippen LogP contribution in [0.5, 0.6) is 0 Å². The second-order valence-electron chi connectivity index (χ2n) is 3.46. The maximum Gasteiger partial charge on any atom is 0.0618 e. The summed E-state index contributed by atoms with van der Waals surface area (Å²) in [6.07, 6.45) is 3.60. The Bertz CT molecular complexity index is 467. The van der Waals surface area contributed by atoms with Crippen molar-refractivity contribution in [3.05, 3.63) is 48.3 Å². The molecule has 0 saturated carbocycles. The second kappa shape index (κ2) is 6.53. The first-order valence-corrected chi connectivity index (χ1v) is 5.79. The zero-order valence-corrected chi connectivity index (χ0v) is 10.6. The number of para-hydroxylation sites is 2. The summed E-state index contributed by atoms with van der Waals surface area (Å²) in [5, 5.41) is 3.23. The molecule has 0 atom stereocenters. The quantitative estimate of drug-likeness (QED) is 0.771. The highest BCUT2D eigenvalue weighted by molar-refractivity contribution is 5.72. The van der Waals surface area contributed by atoms with Crippen molar-refractivity contribution >= 4 is 17.1 Å². The van der Waals surface area contributed by atoms with Crippen LogP contribution in [0.15, 0.2) is 42.7 Å². The van der Waals surface area contributed by atoms with Gasteiger partial charge in [-0.3, -0.25) is 4.98 Å². The molecule has 2 aromatic rings. The van der Waals surface area contributed by atoms with E-state index in [1.807, 2.05) is 57.3 Å². The van der Waals surface area contributed by atoms with Crippen LogP contribution in [0.25, 0.3) is 0 Å². The molecule has 0 radical (unpaired) electrons. The molecule has 0 aliphatic heterocycles. The van der Waals surface area contributed by atoms with Crippen molar-refractivity contribution < 1.29 is 0 Å². The first-order chi connectivity index (χ1) is 8.25. The Balaban J connectivity index is 0.000000686. The van der Waals surface area contributed by atoms with E-state index in [1.54, 1.807) is 6.20 Å². The number of aryl methyl sites for hydroxylation is 1. The molecular weight excluding hydrogens is 210 g/mol. The normalized spacial score (nSPS) is 9.12. The molecule has 0 unspecified atom stereocenters. The van der Waals surface area contributed by atoms with Crippen LogP contribution in [0.3, 0.4) is 0 Å². The van der Waals surface area contributed by atoms with Gasteiger partial charge in [-0.05, 0) is 30.7 Å². The highest BCUT2D eigenvalue weighted by Gasteiger charge is 1.98. The summed E-state index contributed by atoms with van der Waals surface area (Å²) in [6.45, 7) is 6.01. The predicted molar refractivity (Wildman–Crippen MR) is 74.5 cm³/mol. The maximum atomic E-state index is 5.82. The van der Waals surface area contributed by atoms with E-state index < -0.39 is 0 Å². The predicted octanol–water partition coefficient (Wildman–Crippen LogP) is 3.74. The number of pyridine rings is 1. The average molecular weight is 229 g/mol. The van der Waals surface area contributed by atoms with Crippen LogP contribution in [0.2, 0.25) is 0 Å². The summed E-state index contributed by atoms with van der Waals surface area (Å²) < 4.78 is 0. The SMILES string of the molecule is CC.Cc1cncc(Nc2ccccc2N)c1. The fourth-order valence-electron chi connectivity index (χ4n) is 1.39. The Hall–Kier alpha value is -2.03. The van der Waals surface area contributed by atoms with E-state index in [-0.39, 0.29) is 0 Å². The number of nitrogens with zero attached hydrogens (tertiary/aromatic N) is 1. The van der Waals surface area contributed by atoms with Gasteiger partial charge in [0.05, 0.1) is 23.3 Å². The standard InChI is InChI=1S/C12H13N3.C2H6/c1-9-6-10(8-14-7-9)15-12-5-3-2-4-11(12)13;1-2/h2-8,15H,13H2,1H3;1-2H3. The summed E-state index contributed by atoms with van der Waals surface area (Å²) in [5.41, 5.74) is 9.54. The summed E-state index contributed by atoms with van der Waals surface area (Å²) in [4.78, 5) is 4.11. The van der Waals surface area contributed by atoms with Crippen molar-refractivity contribution in [1.29, 1.82) is 0 Å². The Morgan fingerprint density at radius 1 is 1.12 bits per heavy atom. The number of rotatable bonds is 2. The van der Waals surface area contributed by atoms with Gasteiger partial charge in [-0.1, -0.05) is 26.0 Å². The number of benzene rings is 1. The van der Waals surface area contributed by atoms with Crippen LogP contribution < -0.4 is 11.1 Å². The van der Waals surface area contributed by atoms with Crippen molar-refractivity contribution in [3.63, 3.8) is 0 Å². The summed E-state index contributed by atoms with van der Waals surface area (Å²) >= 11 is 0. The number of nitrogen functional groups attached to an aromatic ring is 1. The van der Waals surface area contributed by atoms with Gasteiger partial charge in [0.25, 0.3) is 0 Å². The average Bonchev–Trinajstić information content (AvgIpc) is 2.35. The molecule has 0 spiro atoms. The molecule has 3 nitrogen and oxygen atoms in total. The highest BCUT2D eigenvalue weighted by Crippen LogP contribution is 2.21. The molecule has 0 amide bonds. The Morgan fingerprint density at radius 2 is 1.82 bits per heavy atom. The zero-order valence-electron chi connectivity index (χ0n) is 10.6. The fraction of sp³-hybridized carbons (Fsp3) is 0.214.